The van der Waals surface area contributed by atoms with Crippen molar-refractivity contribution >= 4 is 51.7 Å². The van der Waals surface area contributed by atoms with Crippen molar-refractivity contribution < 1.29 is 4.79 Å². The lowest BCUT2D eigenvalue weighted by molar-refractivity contribution is -0.122. The molecule has 4 rings (SSSR count). The molecule has 2 aromatic rings. The van der Waals surface area contributed by atoms with Crippen LogP contribution in [0, 0.1) is 0 Å². The SMILES string of the molecule is CCCCCCCN1C(=O)C(=Cc2c(N3CCCCC3)nc3ccccn3c2=O)SC1=S. The number of thiocarbonyl (C=S) groups is 1. The van der Waals surface area contributed by atoms with Crippen LogP contribution in [-0.4, -0.2) is 44.1 Å². The lowest BCUT2D eigenvalue weighted by atomic mass is 10.1. The summed E-state index contributed by atoms with van der Waals surface area (Å²) in [7, 11) is 0. The molecule has 2 aromatic heterocycles. The van der Waals surface area contributed by atoms with Crippen LogP contribution in [-0.2, 0) is 4.79 Å². The van der Waals surface area contributed by atoms with Crippen LogP contribution in [0.15, 0.2) is 34.1 Å². The number of hydrogen-bond acceptors (Lipinski definition) is 6. The molecule has 170 valence electrons. The molecule has 4 heterocycles. The van der Waals surface area contributed by atoms with E-state index in [1.54, 1.807) is 21.6 Å². The van der Waals surface area contributed by atoms with Gasteiger partial charge in [-0.25, -0.2) is 4.98 Å². The number of thioether (sulfide) groups is 1. The van der Waals surface area contributed by atoms with Crippen molar-refractivity contribution in [2.75, 3.05) is 24.5 Å². The molecule has 0 radical (unpaired) electrons. The number of nitrogens with zero attached hydrogens (tertiary/aromatic N) is 4. The Hall–Kier alpha value is -2.19. The van der Waals surface area contributed by atoms with Crippen LogP contribution in [0.5, 0.6) is 0 Å². The molecule has 32 heavy (non-hydrogen) atoms. The van der Waals surface area contributed by atoms with Gasteiger partial charge in [0.05, 0.1) is 10.5 Å². The summed E-state index contributed by atoms with van der Waals surface area (Å²) in [5.74, 6) is 0.573. The molecule has 2 aliphatic rings. The Morgan fingerprint density at radius 1 is 1.09 bits per heavy atom. The highest BCUT2D eigenvalue weighted by Crippen LogP contribution is 2.34. The Morgan fingerprint density at radius 3 is 2.66 bits per heavy atom. The summed E-state index contributed by atoms with van der Waals surface area (Å²) in [5, 5.41) is 0. The van der Waals surface area contributed by atoms with Gasteiger partial charge in [0.2, 0.25) is 0 Å². The average molecular weight is 471 g/mol. The normalized spacial score (nSPS) is 18.3. The second-order valence-electron chi connectivity index (χ2n) is 8.38. The van der Waals surface area contributed by atoms with Gasteiger partial charge in [-0.2, -0.15) is 0 Å². The number of carbonyl (C=O) groups is 1. The average Bonchev–Trinajstić information content (AvgIpc) is 3.08. The standard InChI is InChI=1S/C24H30N4O2S2/c1-2-3-4-5-10-16-28-23(30)19(32-24(28)31)17-18-21(26-13-8-6-9-14-26)25-20-12-7-11-15-27(20)22(18)29/h7,11-12,15,17H,2-6,8-10,13-14,16H2,1H3. The fourth-order valence-electron chi connectivity index (χ4n) is 4.26. The summed E-state index contributed by atoms with van der Waals surface area (Å²) in [5.41, 5.74) is 0.940. The Morgan fingerprint density at radius 2 is 1.88 bits per heavy atom. The molecule has 1 amide bonds. The first kappa shape index (κ1) is 23.0. The fourth-order valence-corrected chi connectivity index (χ4v) is 5.55. The molecule has 2 aliphatic heterocycles. The summed E-state index contributed by atoms with van der Waals surface area (Å²) < 4.78 is 2.12. The van der Waals surface area contributed by atoms with Crippen LogP contribution in [0.3, 0.4) is 0 Å². The minimum absolute atomic E-state index is 0.0994. The second kappa shape index (κ2) is 10.6. The fraction of sp³-hybridized carbons (Fsp3) is 0.500. The van der Waals surface area contributed by atoms with Gasteiger partial charge in [0, 0.05) is 25.8 Å². The zero-order valence-electron chi connectivity index (χ0n) is 18.6. The summed E-state index contributed by atoms with van der Waals surface area (Å²) in [6, 6.07) is 5.54. The highest BCUT2D eigenvalue weighted by molar-refractivity contribution is 8.26. The summed E-state index contributed by atoms with van der Waals surface area (Å²) >= 11 is 6.79. The number of carbonyl (C=O) groups excluding carboxylic acids is 1. The second-order valence-corrected chi connectivity index (χ2v) is 10.1. The molecular weight excluding hydrogens is 440 g/mol. The van der Waals surface area contributed by atoms with Crippen molar-refractivity contribution in [2.24, 2.45) is 0 Å². The molecular formula is C24H30N4O2S2. The highest BCUT2D eigenvalue weighted by atomic mass is 32.2. The number of fused-ring (bicyclic) bond motifs is 1. The van der Waals surface area contributed by atoms with E-state index in [0.717, 1.165) is 38.8 Å². The smallest absolute Gasteiger partial charge is 0.267 e. The van der Waals surface area contributed by atoms with E-state index in [1.165, 1.54) is 37.4 Å². The van der Waals surface area contributed by atoms with Gasteiger partial charge in [0.1, 0.15) is 15.8 Å². The van der Waals surface area contributed by atoms with E-state index < -0.39 is 0 Å². The van der Waals surface area contributed by atoms with Crippen molar-refractivity contribution in [2.45, 2.75) is 58.3 Å². The van der Waals surface area contributed by atoms with Gasteiger partial charge < -0.3 is 4.90 Å². The number of anilines is 1. The molecule has 0 atom stereocenters. The van der Waals surface area contributed by atoms with E-state index >= 15 is 0 Å². The van der Waals surface area contributed by atoms with E-state index in [0.29, 0.717) is 32.8 Å². The third-order valence-corrected chi connectivity index (χ3v) is 7.42. The summed E-state index contributed by atoms with van der Waals surface area (Å²) in [6.07, 6.45) is 12.4. The van der Waals surface area contributed by atoms with Gasteiger partial charge in [0.25, 0.3) is 11.5 Å². The molecule has 0 aromatic carbocycles. The number of pyridine rings is 1. The van der Waals surface area contributed by atoms with E-state index in [1.807, 2.05) is 18.2 Å². The van der Waals surface area contributed by atoms with Gasteiger partial charge in [-0.15, -0.1) is 0 Å². The molecule has 0 bridgehead atoms. The maximum absolute atomic E-state index is 13.4. The highest BCUT2D eigenvalue weighted by Gasteiger charge is 2.32. The number of unbranched alkanes of at least 4 members (excludes halogenated alkanes) is 4. The number of aromatic nitrogens is 2. The summed E-state index contributed by atoms with van der Waals surface area (Å²) in [6.45, 7) is 4.57. The summed E-state index contributed by atoms with van der Waals surface area (Å²) in [4.78, 5) is 35.7. The molecule has 0 unspecified atom stereocenters. The van der Waals surface area contributed by atoms with Crippen molar-refractivity contribution in [3.63, 3.8) is 0 Å². The quantitative estimate of drug-likeness (QED) is 0.312. The predicted octanol–water partition coefficient (Wildman–Crippen LogP) is 4.86. The van der Waals surface area contributed by atoms with Crippen LogP contribution in [0.2, 0.25) is 0 Å². The Balaban J connectivity index is 1.65. The minimum atomic E-state index is -0.152. The van der Waals surface area contributed by atoms with E-state index in [9.17, 15) is 9.59 Å². The maximum Gasteiger partial charge on any atom is 0.267 e. The van der Waals surface area contributed by atoms with Crippen LogP contribution in [0.4, 0.5) is 5.82 Å². The lowest BCUT2D eigenvalue weighted by Crippen LogP contribution is -2.33. The molecule has 0 spiro atoms. The van der Waals surface area contributed by atoms with Crippen LogP contribution >= 0.6 is 24.0 Å². The third-order valence-electron chi connectivity index (χ3n) is 6.04. The van der Waals surface area contributed by atoms with E-state index in [2.05, 4.69) is 11.8 Å². The number of amides is 1. The maximum atomic E-state index is 13.4. The van der Waals surface area contributed by atoms with E-state index in [-0.39, 0.29) is 11.5 Å². The largest absolute Gasteiger partial charge is 0.356 e. The first-order valence-electron chi connectivity index (χ1n) is 11.6. The molecule has 0 N–H and O–H groups in total. The van der Waals surface area contributed by atoms with Crippen LogP contribution < -0.4 is 10.5 Å². The molecule has 6 nitrogen and oxygen atoms in total. The first-order valence-corrected chi connectivity index (χ1v) is 12.8. The Bertz CT molecular complexity index is 1090. The monoisotopic (exact) mass is 470 g/mol. The van der Waals surface area contributed by atoms with Crippen molar-refractivity contribution in [3.8, 4) is 0 Å². The van der Waals surface area contributed by atoms with Crippen molar-refractivity contribution in [3.05, 3.63) is 45.2 Å². The number of piperidine rings is 1. The van der Waals surface area contributed by atoms with Gasteiger partial charge in [-0.3, -0.25) is 18.9 Å². The first-order chi connectivity index (χ1) is 15.6. The van der Waals surface area contributed by atoms with Crippen LogP contribution in [0.25, 0.3) is 11.7 Å². The third kappa shape index (κ3) is 4.91. The Labute approximate surface area is 198 Å². The van der Waals surface area contributed by atoms with E-state index in [4.69, 9.17) is 17.2 Å². The van der Waals surface area contributed by atoms with Gasteiger partial charge in [-0.05, 0) is 43.9 Å². The topological polar surface area (TPSA) is 57.9 Å². The van der Waals surface area contributed by atoms with Crippen LogP contribution in [0.1, 0.15) is 63.9 Å². The Kier molecular flexibility index (Phi) is 7.63. The molecule has 0 aliphatic carbocycles. The van der Waals surface area contributed by atoms with Gasteiger partial charge in [0.15, 0.2) is 0 Å². The molecule has 2 fully saturated rings. The molecule has 8 heteroatoms. The minimum Gasteiger partial charge on any atom is -0.356 e. The zero-order valence-corrected chi connectivity index (χ0v) is 20.2. The van der Waals surface area contributed by atoms with Gasteiger partial charge >= 0.3 is 0 Å². The molecule has 2 saturated heterocycles. The zero-order chi connectivity index (χ0) is 22.5. The van der Waals surface area contributed by atoms with Crippen molar-refractivity contribution in [1.29, 1.82) is 0 Å². The predicted molar refractivity (Wildman–Crippen MR) is 136 cm³/mol. The van der Waals surface area contributed by atoms with Gasteiger partial charge in [-0.1, -0.05) is 62.7 Å². The molecule has 0 saturated carbocycles. The number of hydrogen-bond donors (Lipinski definition) is 0. The van der Waals surface area contributed by atoms with Crippen molar-refractivity contribution in [1.82, 2.24) is 14.3 Å². The number of rotatable bonds is 8. The lowest BCUT2D eigenvalue weighted by Gasteiger charge is -2.29.